The Balaban J connectivity index is 1.78. The smallest absolute Gasteiger partial charge is 0.433 e. The van der Waals surface area contributed by atoms with Crippen molar-refractivity contribution in [3.8, 4) is 11.6 Å². The lowest BCUT2D eigenvalue weighted by Crippen LogP contribution is -2.30. The van der Waals surface area contributed by atoms with Crippen molar-refractivity contribution in [1.29, 1.82) is 0 Å². The van der Waals surface area contributed by atoms with Gasteiger partial charge in [0.15, 0.2) is 0 Å². The first-order chi connectivity index (χ1) is 14.9. The molecule has 1 aliphatic rings. The fourth-order valence-electron chi connectivity index (χ4n) is 3.09. The van der Waals surface area contributed by atoms with Gasteiger partial charge >= 0.3 is 6.18 Å². The van der Waals surface area contributed by atoms with E-state index >= 15 is 0 Å². The van der Waals surface area contributed by atoms with Crippen LogP contribution in [0.5, 0.6) is 11.6 Å². The van der Waals surface area contributed by atoms with Crippen LogP contribution in [0.2, 0.25) is 0 Å². The summed E-state index contributed by atoms with van der Waals surface area (Å²) in [6.07, 6.45) is -6.94. The highest BCUT2D eigenvalue weighted by molar-refractivity contribution is 7.86. The number of carbonyl (C=O) groups is 1. The molecule has 2 aromatic rings. The van der Waals surface area contributed by atoms with Crippen LogP contribution < -0.4 is 10.5 Å². The molecule has 1 amide bonds. The van der Waals surface area contributed by atoms with Crippen molar-refractivity contribution in [2.24, 2.45) is 5.73 Å². The zero-order valence-electron chi connectivity index (χ0n) is 16.7. The zero-order chi connectivity index (χ0) is 23.7. The SMILES string of the molecule is CS(=O)(=O)O[C@@H]1CN(C(=O)c2cccc(Oc3cc(CN)cc(C(F)(F)F)n3)c2)C[C@H]1F. The molecule has 13 heteroatoms. The molecule has 2 N–H and O–H groups in total. The van der Waals surface area contributed by atoms with Gasteiger partial charge in [0.2, 0.25) is 5.88 Å². The topological polar surface area (TPSA) is 112 Å². The van der Waals surface area contributed by atoms with E-state index in [1.165, 1.54) is 30.3 Å². The number of amides is 1. The van der Waals surface area contributed by atoms with Gasteiger partial charge in [0.25, 0.3) is 16.0 Å². The first kappa shape index (κ1) is 23.9. The molecule has 8 nitrogen and oxygen atoms in total. The number of ether oxygens (including phenoxy) is 1. The molecule has 1 saturated heterocycles. The molecule has 2 heterocycles. The lowest BCUT2D eigenvalue weighted by atomic mass is 10.2. The van der Waals surface area contributed by atoms with Crippen LogP contribution in [-0.4, -0.2) is 55.8 Å². The first-order valence-corrected chi connectivity index (χ1v) is 11.0. The van der Waals surface area contributed by atoms with Crippen molar-refractivity contribution >= 4 is 16.0 Å². The second-order valence-corrected chi connectivity index (χ2v) is 8.70. The molecular formula is C19H19F4N3O5S. The summed E-state index contributed by atoms with van der Waals surface area (Å²) in [5, 5.41) is 0. The number of alkyl halides is 4. The second-order valence-electron chi connectivity index (χ2n) is 7.10. The van der Waals surface area contributed by atoms with Gasteiger partial charge in [-0.05, 0) is 29.8 Å². The van der Waals surface area contributed by atoms with E-state index < -0.39 is 40.2 Å². The van der Waals surface area contributed by atoms with Crippen molar-refractivity contribution in [2.75, 3.05) is 19.3 Å². The Bertz CT molecular complexity index is 1110. The Morgan fingerprint density at radius 1 is 1.25 bits per heavy atom. The monoisotopic (exact) mass is 477 g/mol. The Morgan fingerprint density at radius 2 is 1.97 bits per heavy atom. The van der Waals surface area contributed by atoms with E-state index in [2.05, 4.69) is 9.17 Å². The maximum atomic E-state index is 14.1. The van der Waals surface area contributed by atoms with Gasteiger partial charge in [-0.25, -0.2) is 9.37 Å². The zero-order valence-corrected chi connectivity index (χ0v) is 17.5. The number of likely N-dealkylation sites (tertiary alicyclic amines) is 1. The normalized spacial score (nSPS) is 19.2. The van der Waals surface area contributed by atoms with Crippen LogP contribution in [0.15, 0.2) is 36.4 Å². The predicted molar refractivity (Wildman–Crippen MR) is 104 cm³/mol. The number of benzene rings is 1. The fraction of sp³-hybridized carbons (Fsp3) is 0.368. The largest absolute Gasteiger partial charge is 0.439 e. The third-order valence-corrected chi connectivity index (χ3v) is 5.07. The molecule has 1 fully saturated rings. The fourth-order valence-corrected chi connectivity index (χ4v) is 3.72. The maximum absolute atomic E-state index is 14.1. The summed E-state index contributed by atoms with van der Waals surface area (Å²) < 4.78 is 85.8. The molecule has 1 aliphatic heterocycles. The molecule has 0 spiro atoms. The number of rotatable bonds is 6. The van der Waals surface area contributed by atoms with Gasteiger partial charge in [0.1, 0.15) is 23.7 Å². The summed E-state index contributed by atoms with van der Waals surface area (Å²) in [5.74, 6) is -0.973. The van der Waals surface area contributed by atoms with Gasteiger partial charge in [0, 0.05) is 18.2 Å². The van der Waals surface area contributed by atoms with Crippen molar-refractivity contribution < 1.29 is 39.7 Å². The van der Waals surface area contributed by atoms with Gasteiger partial charge in [-0.15, -0.1) is 0 Å². The van der Waals surface area contributed by atoms with Crippen LogP contribution in [0.25, 0.3) is 0 Å². The summed E-state index contributed by atoms with van der Waals surface area (Å²) in [6, 6.07) is 7.53. The van der Waals surface area contributed by atoms with Crippen LogP contribution in [-0.2, 0) is 27.0 Å². The average Bonchev–Trinajstić information content (AvgIpc) is 3.05. The minimum absolute atomic E-state index is 0.0191. The highest BCUT2D eigenvalue weighted by atomic mass is 32.2. The number of carbonyl (C=O) groups excluding carboxylic acids is 1. The number of pyridine rings is 1. The minimum Gasteiger partial charge on any atom is -0.439 e. The summed E-state index contributed by atoms with van der Waals surface area (Å²) in [6.45, 7) is -0.830. The molecule has 0 aliphatic carbocycles. The molecule has 1 aromatic carbocycles. The highest BCUT2D eigenvalue weighted by Gasteiger charge is 2.38. The number of nitrogens with two attached hydrogens (primary N) is 1. The quantitative estimate of drug-likeness (QED) is 0.503. The molecule has 0 saturated carbocycles. The Kier molecular flexibility index (Phi) is 6.72. The van der Waals surface area contributed by atoms with E-state index in [1.807, 2.05) is 0 Å². The maximum Gasteiger partial charge on any atom is 0.433 e. The molecule has 0 bridgehead atoms. The van der Waals surface area contributed by atoms with Gasteiger partial charge in [-0.2, -0.15) is 21.6 Å². The highest BCUT2D eigenvalue weighted by Crippen LogP contribution is 2.31. The van der Waals surface area contributed by atoms with Crippen LogP contribution >= 0.6 is 0 Å². The number of aromatic nitrogens is 1. The van der Waals surface area contributed by atoms with Crippen molar-refractivity contribution in [1.82, 2.24) is 9.88 Å². The molecule has 2 atom stereocenters. The third kappa shape index (κ3) is 5.93. The van der Waals surface area contributed by atoms with E-state index in [0.717, 1.165) is 17.2 Å². The second kappa shape index (κ2) is 9.00. The van der Waals surface area contributed by atoms with Gasteiger partial charge < -0.3 is 15.4 Å². The number of halogens is 4. The predicted octanol–water partition coefficient (Wildman–Crippen LogP) is 2.49. The van der Waals surface area contributed by atoms with E-state index in [1.54, 1.807) is 0 Å². The first-order valence-electron chi connectivity index (χ1n) is 9.23. The van der Waals surface area contributed by atoms with Crippen molar-refractivity contribution in [2.45, 2.75) is 25.0 Å². The van der Waals surface area contributed by atoms with Crippen LogP contribution in [0.3, 0.4) is 0 Å². The number of nitrogens with zero attached hydrogens (tertiary/aromatic N) is 2. The van der Waals surface area contributed by atoms with Crippen LogP contribution in [0, 0.1) is 0 Å². The van der Waals surface area contributed by atoms with E-state index in [9.17, 15) is 30.8 Å². The van der Waals surface area contributed by atoms with Crippen molar-refractivity contribution in [3.63, 3.8) is 0 Å². The Morgan fingerprint density at radius 3 is 2.59 bits per heavy atom. The lowest BCUT2D eigenvalue weighted by molar-refractivity contribution is -0.141. The number of hydrogen-bond acceptors (Lipinski definition) is 7. The summed E-state index contributed by atoms with van der Waals surface area (Å²) in [5.41, 5.74) is 4.47. The van der Waals surface area contributed by atoms with Crippen molar-refractivity contribution in [3.05, 3.63) is 53.2 Å². The summed E-state index contributed by atoms with van der Waals surface area (Å²) >= 11 is 0. The van der Waals surface area contributed by atoms with E-state index in [4.69, 9.17) is 10.5 Å². The molecule has 0 unspecified atom stereocenters. The molecule has 1 aromatic heterocycles. The average molecular weight is 477 g/mol. The third-order valence-electron chi connectivity index (χ3n) is 4.48. The standard InChI is InChI=1S/C19H19F4N3O5S/c1-32(28,29)31-15-10-26(9-14(15)20)18(27)12-3-2-4-13(7-12)30-17-6-11(8-24)5-16(25-17)19(21,22)23/h2-7,14-15H,8-10,24H2,1H3/t14-,15-/m1/s1. The minimum atomic E-state index is -4.70. The molecule has 3 rings (SSSR count). The van der Waals surface area contributed by atoms with E-state index in [0.29, 0.717) is 0 Å². The number of hydrogen-bond donors (Lipinski definition) is 1. The molecular weight excluding hydrogens is 458 g/mol. The molecule has 174 valence electrons. The van der Waals surface area contributed by atoms with E-state index in [-0.39, 0.29) is 42.4 Å². The van der Waals surface area contributed by atoms with Gasteiger partial charge in [0.05, 0.1) is 19.3 Å². The summed E-state index contributed by atoms with van der Waals surface area (Å²) in [7, 11) is -3.91. The molecule has 0 radical (unpaired) electrons. The lowest BCUT2D eigenvalue weighted by Gasteiger charge is -2.16. The molecule has 32 heavy (non-hydrogen) atoms. The Hall–Kier alpha value is -2.77. The van der Waals surface area contributed by atoms with Gasteiger partial charge in [-0.3, -0.25) is 8.98 Å². The van der Waals surface area contributed by atoms with Gasteiger partial charge in [-0.1, -0.05) is 6.07 Å². The summed E-state index contributed by atoms with van der Waals surface area (Å²) in [4.78, 5) is 17.2. The van der Waals surface area contributed by atoms with Crippen LogP contribution in [0.4, 0.5) is 17.6 Å². The Labute approximate surface area is 181 Å². The van der Waals surface area contributed by atoms with Crippen LogP contribution in [0.1, 0.15) is 21.6 Å².